The first-order chi connectivity index (χ1) is 25.7. The van der Waals surface area contributed by atoms with Gasteiger partial charge in [-0.3, -0.25) is 15.1 Å². The van der Waals surface area contributed by atoms with Crippen LogP contribution in [-0.4, -0.2) is 76.7 Å². The van der Waals surface area contributed by atoms with Crippen LogP contribution in [0.25, 0.3) is 11.1 Å². The average Bonchev–Trinajstić information content (AvgIpc) is 3.17. The minimum atomic E-state index is -1.19. The van der Waals surface area contributed by atoms with Crippen molar-refractivity contribution in [3.8, 4) is 34.4 Å². The molecule has 4 N–H and O–H groups in total. The number of aliphatic hydroxyl groups excluding tert-OH is 2. The molecule has 0 amide bonds. The maximum Gasteiger partial charge on any atom is 0.323 e. The third-order valence-electron chi connectivity index (χ3n) is 9.70. The molecule has 0 saturated carbocycles. The Morgan fingerprint density at radius 3 is 2.42 bits per heavy atom. The molecule has 1 fully saturated rings. The predicted molar refractivity (Wildman–Crippen MR) is 202 cm³/mol. The quantitative estimate of drug-likeness (QED) is 0.0880. The molecule has 1 unspecified atom stereocenters. The number of carboxylic acids is 1. The van der Waals surface area contributed by atoms with Crippen molar-refractivity contribution in [3.63, 3.8) is 0 Å². The van der Waals surface area contributed by atoms with Crippen molar-refractivity contribution in [2.24, 2.45) is 5.92 Å². The van der Waals surface area contributed by atoms with Crippen LogP contribution in [0.15, 0.2) is 67.0 Å². The van der Waals surface area contributed by atoms with Crippen LogP contribution in [0.2, 0.25) is 5.02 Å². The summed E-state index contributed by atoms with van der Waals surface area (Å²) in [6.07, 6.45) is 6.10. The van der Waals surface area contributed by atoms with Gasteiger partial charge < -0.3 is 34.4 Å². The number of rotatable bonds is 18. The van der Waals surface area contributed by atoms with Crippen molar-refractivity contribution in [2.75, 3.05) is 39.5 Å². The Morgan fingerprint density at radius 1 is 0.962 bits per heavy atom. The first kappa shape index (κ1) is 39.5. The topological polar surface area (TPSA) is 157 Å². The van der Waals surface area contributed by atoms with E-state index in [-0.39, 0.29) is 26.4 Å². The lowest BCUT2D eigenvalue weighted by Gasteiger charge is -2.30. The van der Waals surface area contributed by atoms with Crippen LogP contribution < -0.4 is 19.5 Å². The van der Waals surface area contributed by atoms with Gasteiger partial charge in [0.05, 0.1) is 23.8 Å². The van der Waals surface area contributed by atoms with Gasteiger partial charge in [0.2, 0.25) is 0 Å². The molecular weight excluding hydrogens is 696 g/mol. The second kappa shape index (κ2) is 19.4. The summed E-state index contributed by atoms with van der Waals surface area (Å²) in [5.41, 5.74) is 6.87. The number of hydrogen-bond acceptors (Lipinski definition) is 10. The van der Waals surface area contributed by atoms with Crippen molar-refractivity contribution < 1.29 is 34.3 Å². The van der Waals surface area contributed by atoms with Gasteiger partial charge >= 0.3 is 5.97 Å². The maximum atomic E-state index is 11.5. The lowest BCUT2D eigenvalue weighted by Crippen LogP contribution is -2.39. The molecule has 280 valence electrons. The van der Waals surface area contributed by atoms with Gasteiger partial charge in [-0.1, -0.05) is 41.9 Å². The average molecular weight is 743 g/mol. The predicted octanol–water partition coefficient (Wildman–Crippen LogP) is 6.06. The van der Waals surface area contributed by atoms with Crippen LogP contribution in [0.1, 0.15) is 52.6 Å². The first-order valence-corrected chi connectivity index (χ1v) is 18.2. The van der Waals surface area contributed by atoms with Crippen molar-refractivity contribution in [3.05, 3.63) is 105 Å². The van der Waals surface area contributed by atoms with Gasteiger partial charge in [0.1, 0.15) is 42.6 Å². The number of aliphatic hydroxyl groups is 2. The summed E-state index contributed by atoms with van der Waals surface area (Å²) in [5.74, 6) is 0.881. The molecule has 3 aromatic carbocycles. The number of carboxylic acid groups (broad SMARTS) is 1. The Kier molecular flexibility index (Phi) is 14.5. The Labute approximate surface area is 315 Å². The molecular formula is C41H47ClN4O7. The third kappa shape index (κ3) is 10.7. The summed E-state index contributed by atoms with van der Waals surface area (Å²) in [7, 11) is 0. The van der Waals surface area contributed by atoms with Gasteiger partial charge in [-0.2, -0.15) is 5.26 Å². The second-order valence-electron chi connectivity index (χ2n) is 13.3. The van der Waals surface area contributed by atoms with E-state index < -0.39 is 18.6 Å². The van der Waals surface area contributed by atoms with Gasteiger partial charge in [0.25, 0.3) is 0 Å². The Morgan fingerprint density at radius 2 is 1.70 bits per heavy atom. The highest BCUT2D eigenvalue weighted by Crippen LogP contribution is 2.36. The fraction of sp³-hybridized carbons (Fsp3) is 0.390. The molecule has 1 aliphatic heterocycles. The SMILES string of the molecule is Cc1c(COc2cc(OCc3cncc(C#N)c3)c(CNC(CO)C(=O)O)cc2Cl)cccc1-c1cccc(OCCCN2CCC(CO)CC2)c1C. The minimum Gasteiger partial charge on any atom is -0.493 e. The number of halogens is 1. The lowest BCUT2D eigenvalue weighted by molar-refractivity contribution is -0.140. The number of nitrogens with one attached hydrogen (secondary N) is 1. The summed E-state index contributed by atoms with van der Waals surface area (Å²) in [6, 6.07) is 18.1. The van der Waals surface area contributed by atoms with Crippen molar-refractivity contribution in [1.29, 1.82) is 5.26 Å². The lowest BCUT2D eigenvalue weighted by atomic mass is 9.93. The molecule has 4 aromatic rings. The van der Waals surface area contributed by atoms with Crippen LogP contribution in [0.5, 0.6) is 17.2 Å². The van der Waals surface area contributed by atoms with E-state index in [4.69, 9.17) is 25.8 Å². The molecule has 1 aliphatic rings. The fourth-order valence-electron chi connectivity index (χ4n) is 6.42. The number of aliphatic carboxylic acids is 1. The molecule has 11 nitrogen and oxygen atoms in total. The zero-order chi connectivity index (χ0) is 37.7. The third-order valence-corrected chi connectivity index (χ3v) is 9.99. The number of pyridine rings is 1. The molecule has 0 spiro atoms. The number of benzene rings is 3. The molecule has 2 heterocycles. The first-order valence-electron chi connectivity index (χ1n) is 17.8. The molecule has 1 aromatic heterocycles. The van der Waals surface area contributed by atoms with Crippen LogP contribution in [0, 0.1) is 31.1 Å². The van der Waals surface area contributed by atoms with E-state index in [9.17, 15) is 25.4 Å². The van der Waals surface area contributed by atoms with E-state index in [0.717, 1.165) is 72.5 Å². The number of aromatic nitrogens is 1. The molecule has 0 bridgehead atoms. The normalized spacial score (nSPS) is 14.0. The van der Waals surface area contributed by atoms with Crippen molar-refractivity contribution in [2.45, 2.75) is 58.9 Å². The number of piperidine rings is 1. The van der Waals surface area contributed by atoms with Crippen molar-refractivity contribution >= 4 is 17.6 Å². The van der Waals surface area contributed by atoms with E-state index in [2.05, 4.69) is 47.3 Å². The molecule has 0 radical (unpaired) electrons. The largest absolute Gasteiger partial charge is 0.493 e. The summed E-state index contributed by atoms with van der Waals surface area (Å²) in [6.45, 7) is 7.87. The Bertz CT molecular complexity index is 1890. The molecule has 53 heavy (non-hydrogen) atoms. The minimum absolute atomic E-state index is 0.0525. The van der Waals surface area contributed by atoms with Gasteiger partial charge in [-0.25, -0.2) is 0 Å². The molecule has 0 aliphatic carbocycles. The standard InChI is InChI=1S/C41H47ClN4O7/c1-27-32(6-3-7-34(27)35-8-4-9-38(28(35)2)51-15-5-12-46-13-10-29(23-47)11-14-46)26-53-40-18-39(52-25-31-16-30(19-43)20-44-21-31)33(17-36(40)42)22-45-37(24-48)41(49)50/h3-4,6-9,16-18,20-21,29,37,45,47-48H,5,10-15,22-26H2,1-2H3,(H,49,50). The smallest absolute Gasteiger partial charge is 0.323 e. The van der Waals surface area contributed by atoms with E-state index >= 15 is 0 Å². The maximum absolute atomic E-state index is 11.5. The van der Waals surface area contributed by atoms with Gasteiger partial charge in [-0.15, -0.1) is 0 Å². The number of nitriles is 1. The molecule has 1 atom stereocenters. The number of carbonyl (C=O) groups is 1. The zero-order valence-corrected chi connectivity index (χ0v) is 30.9. The highest BCUT2D eigenvalue weighted by atomic mass is 35.5. The van der Waals surface area contributed by atoms with E-state index in [0.29, 0.717) is 45.7 Å². The van der Waals surface area contributed by atoms with E-state index in [1.54, 1.807) is 24.4 Å². The Balaban J connectivity index is 1.28. The van der Waals surface area contributed by atoms with Gasteiger partial charge in [0, 0.05) is 49.3 Å². The number of nitrogens with zero attached hydrogens (tertiary/aromatic N) is 3. The monoisotopic (exact) mass is 742 g/mol. The second-order valence-corrected chi connectivity index (χ2v) is 13.7. The summed E-state index contributed by atoms with van der Waals surface area (Å²) >= 11 is 6.70. The van der Waals surface area contributed by atoms with Gasteiger partial charge in [0.15, 0.2) is 0 Å². The number of hydrogen-bond donors (Lipinski definition) is 4. The van der Waals surface area contributed by atoms with E-state index in [1.165, 1.54) is 6.20 Å². The molecule has 5 rings (SSSR count). The van der Waals surface area contributed by atoms with Crippen LogP contribution in [0.4, 0.5) is 0 Å². The zero-order valence-electron chi connectivity index (χ0n) is 30.2. The number of likely N-dealkylation sites (tertiary alicyclic amines) is 1. The molecule has 12 heteroatoms. The van der Waals surface area contributed by atoms with Crippen molar-refractivity contribution in [1.82, 2.24) is 15.2 Å². The Hall–Kier alpha value is -4.70. The summed E-state index contributed by atoms with van der Waals surface area (Å²) in [4.78, 5) is 18.0. The summed E-state index contributed by atoms with van der Waals surface area (Å²) < 4.78 is 18.7. The van der Waals surface area contributed by atoms with Crippen LogP contribution >= 0.6 is 11.6 Å². The van der Waals surface area contributed by atoms with Crippen LogP contribution in [0.3, 0.4) is 0 Å². The van der Waals surface area contributed by atoms with Crippen LogP contribution in [-0.2, 0) is 24.6 Å². The molecule has 1 saturated heterocycles. The fourth-order valence-corrected chi connectivity index (χ4v) is 6.66. The van der Waals surface area contributed by atoms with Gasteiger partial charge in [-0.05, 0) is 98.1 Å². The number of ether oxygens (including phenoxy) is 3. The van der Waals surface area contributed by atoms with E-state index in [1.807, 2.05) is 24.3 Å². The highest BCUT2D eigenvalue weighted by molar-refractivity contribution is 6.32. The summed E-state index contributed by atoms with van der Waals surface area (Å²) in [5, 5.41) is 40.7. The highest BCUT2D eigenvalue weighted by Gasteiger charge is 2.20.